The second-order valence-corrected chi connectivity index (χ2v) is 7.20. The minimum absolute atomic E-state index is 0.281. The molecule has 1 saturated heterocycles. The van der Waals surface area contributed by atoms with Crippen LogP contribution in [0.25, 0.3) is 10.2 Å². The number of nitrogens with zero attached hydrogens (tertiary/aromatic N) is 3. The van der Waals surface area contributed by atoms with E-state index in [4.69, 9.17) is 0 Å². The van der Waals surface area contributed by atoms with Gasteiger partial charge in [-0.1, -0.05) is 12.1 Å². The Morgan fingerprint density at radius 3 is 2.58 bits per heavy atom. The molecule has 0 spiro atoms. The van der Waals surface area contributed by atoms with E-state index in [0.29, 0.717) is 25.9 Å². The lowest BCUT2D eigenvalue weighted by Crippen LogP contribution is -2.43. The van der Waals surface area contributed by atoms with Gasteiger partial charge >= 0.3 is 0 Å². The van der Waals surface area contributed by atoms with Crippen molar-refractivity contribution in [3.05, 3.63) is 52.9 Å². The molecule has 0 bridgehead atoms. The van der Waals surface area contributed by atoms with Crippen molar-refractivity contribution < 1.29 is 9.50 Å². The highest BCUT2D eigenvalue weighted by Crippen LogP contribution is 2.37. The molecule has 0 unspecified atom stereocenters. The van der Waals surface area contributed by atoms with Crippen LogP contribution in [0.3, 0.4) is 0 Å². The van der Waals surface area contributed by atoms with Gasteiger partial charge in [0, 0.05) is 13.1 Å². The Morgan fingerprint density at radius 2 is 1.88 bits per heavy atom. The highest BCUT2D eigenvalue weighted by Gasteiger charge is 2.35. The van der Waals surface area contributed by atoms with E-state index < -0.39 is 5.60 Å². The average molecular weight is 343 g/mol. The number of hydrogen-bond donors (Lipinski definition) is 1. The third-order valence-corrected chi connectivity index (χ3v) is 5.87. The molecule has 4 nitrogen and oxygen atoms in total. The summed E-state index contributed by atoms with van der Waals surface area (Å²) in [5, 5.41) is 13.0. The predicted molar refractivity (Wildman–Crippen MR) is 93.9 cm³/mol. The zero-order valence-corrected chi connectivity index (χ0v) is 14.2. The molecular weight excluding hydrogens is 325 g/mol. The first-order chi connectivity index (χ1) is 11.6. The maximum absolute atomic E-state index is 13.1. The summed E-state index contributed by atoms with van der Waals surface area (Å²) in [6.07, 6.45) is 2.79. The lowest BCUT2D eigenvalue weighted by Gasteiger charge is -2.39. The number of benzene rings is 1. The molecule has 3 heterocycles. The molecule has 2 aromatic heterocycles. The summed E-state index contributed by atoms with van der Waals surface area (Å²) in [7, 11) is 0. The SMILES string of the molecule is Cc1csc2c(N3CCC(O)(c4ccc(F)cc4)CC3)ncnc12. The Kier molecular flexibility index (Phi) is 3.73. The van der Waals surface area contributed by atoms with E-state index in [1.807, 2.05) is 0 Å². The first-order valence-electron chi connectivity index (χ1n) is 7.99. The smallest absolute Gasteiger partial charge is 0.150 e. The van der Waals surface area contributed by atoms with Crippen LogP contribution >= 0.6 is 11.3 Å². The second kappa shape index (κ2) is 5.79. The summed E-state index contributed by atoms with van der Waals surface area (Å²) in [4.78, 5) is 11.0. The largest absolute Gasteiger partial charge is 0.385 e. The summed E-state index contributed by atoms with van der Waals surface area (Å²) in [6.45, 7) is 3.47. The van der Waals surface area contributed by atoms with Crippen LogP contribution in [-0.2, 0) is 5.60 Å². The number of hydrogen-bond acceptors (Lipinski definition) is 5. The fraction of sp³-hybridized carbons (Fsp3) is 0.333. The van der Waals surface area contributed by atoms with Crippen molar-refractivity contribution in [1.29, 1.82) is 0 Å². The monoisotopic (exact) mass is 343 g/mol. The molecule has 1 aliphatic heterocycles. The van der Waals surface area contributed by atoms with Crippen molar-refractivity contribution in [3.63, 3.8) is 0 Å². The molecule has 1 aliphatic rings. The van der Waals surface area contributed by atoms with Gasteiger partial charge in [-0.25, -0.2) is 14.4 Å². The topological polar surface area (TPSA) is 49.2 Å². The van der Waals surface area contributed by atoms with E-state index in [2.05, 4.69) is 27.2 Å². The van der Waals surface area contributed by atoms with E-state index in [-0.39, 0.29) is 5.82 Å². The summed E-state index contributed by atoms with van der Waals surface area (Å²) in [5.41, 5.74) is 2.05. The van der Waals surface area contributed by atoms with Crippen molar-refractivity contribution in [1.82, 2.24) is 9.97 Å². The van der Waals surface area contributed by atoms with Gasteiger partial charge in [-0.3, -0.25) is 0 Å². The standard InChI is InChI=1S/C18H18FN3OS/c1-12-10-24-16-15(12)20-11-21-17(16)22-8-6-18(23,7-9-22)13-2-4-14(19)5-3-13/h2-5,10-11,23H,6-9H2,1H3. The van der Waals surface area contributed by atoms with Gasteiger partial charge in [0.05, 0.1) is 15.8 Å². The van der Waals surface area contributed by atoms with E-state index in [9.17, 15) is 9.50 Å². The maximum atomic E-state index is 13.1. The molecule has 3 aromatic rings. The second-order valence-electron chi connectivity index (χ2n) is 6.32. The number of piperidine rings is 1. The Balaban J connectivity index is 1.58. The van der Waals surface area contributed by atoms with Gasteiger partial charge in [-0.2, -0.15) is 0 Å². The quantitative estimate of drug-likeness (QED) is 0.772. The van der Waals surface area contributed by atoms with Crippen molar-refractivity contribution in [2.75, 3.05) is 18.0 Å². The minimum atomic E-state index is -0.901. The number of thiophene rings is 1. The van der Waals surface area contributed by atoms with Crippen LogP contribution in [0.4, 0.5) is 10.2 Å². The van der Waals surface area contributed by atoms with Gasteiger partial charge in [0.15, 0.2) is 0 Å². The lowest BCUT2D eigenvalue weighted by molar-refractivity contribution is 0.0116. The first-order valence-corrected chi connectivity index (χ1v) is 8.87. The maximum Gasteiger partial charge on any atom is 0.150 e. The zero-order valence-electron chi connectivity index (χ0n) is 13.4. The molecule has 0 saturated carbocycles. The fourth-order valence-electron chi connectivity index (χ4n) is 3.32. The molecule has 4 rings (SSSR count). The van der Waals surface area contributed by atoms with Crippen LogP contribution in [0.15, 0.2) is 36.0 Å². The highest BCUT2D eigenvalue weighted by molar-refractivity contribution is 7.18. The van der Waals surface area contributed by atoms with Crippen LogP contribution in [0, 0.1) is 12.7 Å². The lowest BCUT2D eigenvalue weighted by atomic mass is 9.84. The molecule has 0 aliphatic carbocycles. The number of anilines is 1. The third-order valence-electron chi connectivity index (χ3n) is 4.78. The van der Waals surface area contributed by atoms with Crippen LogP contribution in [0.2, 0.25) is 0 Å². The van der Waals surface area contributed by atoms with E-state index in [0.717, 1.165) is 21.6 Å². The predicted octanol–water partition coefficient (Wildman–Crippen LogP) is 3.63. The van der Waals surface area contributed by atoms with Gasteiger partial charge < -0.3 is 10.0 Å². The minimum Gasteiger partial charge on any atom is -0.385 e. The van der Waals surface area contributed by atoms with Crippen LogP contribution in [-0.4, -0.2) is 28.2 Å². The number of aliphatic hydroxyl groups is 1. The Hall–Kier alpha value is -2.05. The van der Waals surface area contributed by atoms with Crippen LogP contribution < -0.4 is 4.90 Å². The molecule has 124 valence electrons. The van der Waals surface area contributed by atoms with Gasteiger partial charge in [0.25, 0.3) is 0 Å². The average Bonchev–Trinajstić information content (AvgIpc) is 2.98. The molecule has 1 aromatic carbocycles. The van der Waals surface area contributed by atoms with Crippen molar-refractivity contribution >= 4 is 27.4 Å². The number of rotatable bonds is 2. The molecule has 6 heteroatoms. The van der Waals surface area contributed by atoms with Crippen LogP contribution in [0.1, 0.15) is 24.0 Å². The summed E-state index contributed by atoms with van der Waals surface area (Å²) >= 11 is 1.66. The fourth-order valence-corrected chi connectivity index (χ4v) is 4.34. The first kappa shape index (κ1) is 15.5. The summed E-state index contributed by atoms with van der Waals surface area (Å²) in [6, 6.07) is 6.16. The number of halogens is 1. The van der Waals surface area contributed by atoms with Gasteiger partial charge in [-0.15, -0.1) is 11.3 Å². The molecule has 0 amide bonds. The molecular formula is C18H18FN3OS. The van der Waals surface area contributed by atoms with E-state index >= 15 is 0 Å². The number of fused-ring (bicyclic) bond motifs is 1. The van der Waals surface area contributed by atoms with Gasteiger partial charge in [0.1, 0.15) is 18.0 Å². The summed E-state index contributed by atoms with van der Waals surface area (Å²) in [5.74, 6) is 0.662. The number of aryl methyl sites for hydroxylation is 1. The van der Waals surface area contributed by atoms with Gasteiger partial charge in [0.2, 0.25) is 0 Å². The molecule has 1 fully saturated rings. The van der Waals surface area contributed by atoms with Crippen molar-refractivity contribution in [2.45, 2.75) is 25.4 Å². The number of aromatic nitrogens is 2. The van der Waals surface area contributed by atoms with Crippen molar-refractivity contribution in [2.24, 2.45) is 0 Å². The van der Waals surface area contributed by atoms with E-state index in [1.54, 1.807) is 29.8 Å². The van der Waals surface area contributed by atoms with Crippen LogP contribution in [0.5, 0.6) is 0 Å². The Labute approximate surface area is 143 Å². The Morgan fingerprint density at radius 1 is 1.17 bits per heavy atom. The molecule has 0 atom stereocenters. The van der Waals surface area contributed by atoms with Gasteiger partial charge in [-0.05, 0) is 48.4 Å². The van der Waals surface area contributed by atoms with Crippen molar-refractivity contribution in [3.8, 4) is 0 Å². The molecule has 1 N–H and O–H groups in total. The third kappa shape index (κ3) is 2.56. The van der Waals surface area contributed by atoms with E-state index in [1.165, 1.54) is 17.7 Å². The zero-order chi connectivity index (χ0) is 16.7. The Bertz CT molecular complexity index is 870. The molecule has 0 radical (unpaired) electrons. The highest BCUT2D eigenvalue weighted by atomic mass is 32.1. The summed E-state index contributed by atoms with van der Waals surface area (Å²) < 4.78 is 14.2. The normalized spacial score (nSPS) is 17.4. The molecule has 24 heavy (non-hydrogen) atoms.